The lowest BCUT2D eigenvalue weighted by atomic mass is 9.83. The Balaban J connectivity index is 1.35. The third-order valence-electron chi connectivity index (χ3n) is 10.9. The lowest BCUT2D eigenvalue weighted by molar-refractivity contribution is -0.0723. The van der Waals surface area contributed by atoms with E-state index in [1.54, 1.807) is 43.5 Å². The van der Waals surface area contributed by atoms with Gasteiger partial charge in [0.05, 0.1) is 22.4 Å². The normalized spacial score (nSPS) is 12.8. The molecule has 0 bridgehead atoms. The van der Waals surface area contributed by atoms with Crippen LogP contribution in [0.5, 0.6) is 0 Å². The molecule has 6 aromatic carbocycles. The van der Waals surface area contributed by atoms with Crippen LogP contribution in [0.3, 0.4) is 0 Å². The van der Waals surface area contributed by atoms with Crippen molar-refractivity contribution in [3.8, 4) is 61.5 Å². The first-order chi connectivity index (χ1) is 28.6. The second kappa shape index (κ2) is 15.5. The summed E-state index contributed by atoms with van der Waals surface area (Å²) in [6, 6.07) is 51.5. The zero-order valence-electron chi connectivity index (χ0n) is 34.5. The van der Waals surface area contributed by atoms with Crippen LogP contribution >= 0.6 is 0 Å². The van der Waals surface area contributed by atoms with Crippen LogP contribution in [-0.4, -0.2) is 25.8 Å². The molecule has 7 heteroatoms. The number of pyridine rings is 1. The summed E-state index contributed by atoms with van der Waals surface area (Å²) in [4.78, 5) is 9.72. The summed E-state index contributed by atoms with van der Waals surface area (Å²) in [6.07, 6.45) is -3.12. The molecule has 0 unspecified atom stereocenters. The van der Waals surface area contributed by atoms with Crippen LogP contribution < -0.4 is 0 Å². The molecule has 0 atom stereocenters. The smallest absolute Gasteiger partial charge is 0.423 e. The first-order valence-electron chi connectivity index (χ1n) is 20.0. The van der Waals surface area contributed by atoms with E-state index in [9.17, 15) is 5.11 Å². The molecule has 0 aliphatic heterocycles. The Kier molecular flexibility index (Phi) is 10.3. The Morgan fingerprint density at radius 1 is 0.533 bits per heavy atom. The number of para-hydroxylation sites is 2. The second-order valence-electron chi connectivity index (χ2n) is 17.2. The number of hydrogen-bond donors (Lipinski definition) is 1. The van der Waals surface area contributed by atoms with Crippen LogP contribution in [-0.2, 0) is 5.41 Å². The largest absolute Gasteiger partial charge is 0.511 e. The second-order valence-corrected chi connectivity index (χ2v) is 17.2. The van der Waals surface area contributed by atoms with Gasteiger partial charge in [-0.25, -0.2) is 4.98 Å². The highest BCUT2D eigenvalue weighted by atomic mass is 19.4. The number of imidazole rings is 1. The molecule has 0 saturated heterocycles. The molecule has 4 nitrogen and oxygen atoms in total. The minimum absolute atomic E-state index is 0.284. The number of hydrogen-bond acceptors (Lipinski definition) is 3. The van der Waals surface area contributed by atoms with Crippen molar-refractivity contribution in [2.45, 2.75) is 53.1 Å². The molecule has 0 saturated carbocycles. The molecule has 300 valence electrons. The van der Waals surface area contributed by atoms with Crippen molar-refractivity contribution in [1.82, 2.24) is 14.5 Å². The summed E-state index contributed by atoms with van der Waals surface area (Å²) in [5.74, 6) is -1.18. The van der Waals surface area contributed by atoms with Crippen LogP contribution in [0.2, 0.25) is 0 Å². The minimum Gasteiger partial charge on any atom is -0.511 e. The van der Waals surface area contributed by atoms with Gasteiger partial charge in [0.15, 0.2) is 5.82 Å². The number of halogens is 3. The number of allylic oxidation sites excluding steroid dienone is 2. The van der Waals surface area contributed by atoms with Crippen molar-refractivity contribution < 1.29 is 18.3 Å². The molecule has 0 aliphatic rings. The van der Waals surface area contributed by atoms with Gasteiger partial charge in [0, 0.05) is 28.3 Å². The van der Waals surface area contributed by atoms with Gasteiger partial charge in [-0.1, -0.05) is 163 Å². The molecular weight excluding hydrogens is 752 g/mol. The third kappa shape index (κ3) is 7.87. The van der Waals surface area contributed by atoms with Gasteiger partial charge in [-0.3, -0.25) is 9.55 Å². The van der Waals surface area contributed by atoms with E-state index in [4.69, 9.17) is 9.97 Å². The number of aliphatic hydroxyl groups is 1. The Morgan fingerprint density at radius 3 is 1.73 bits per heavy atom. The van der Waals surface area contributed by atoms with Crippen molar-refractivity contribution in [1.29, 1.82) is 0 Å². The van der Waals surface area contributed by atoms with Crippen molar-refractivity contribution in [3.63, 3.8) is 0 Å². The van der Waals surface area contributed by atoms with Gasteiger partial charge in [0.1, 0.15) is 11.3 Å². The van der Waals surface area contributed by atoms with E-state index in [1.807, 2.05) is 91.1 Å². The summed E-state index contributed by atoms with van der Waals surface area (Å²) in [7, 11) is 0. The molecule has 0 radical (unpaired) electrons. The molecule has 8 aromatic rings. The number of rotatable bonds is 7. The summed E-state index contributed by atoms with van der Waals surface area (Å²) in [5.41, 5.74) is 8.65. The number of aromatic nitrogens is 3. The zero-order valence-corrected chi connectivity index (χ0v) is 34.5. The Labute approximate surface area is 349 Å². The highest BCUT2D eigenvalue weighted by Gasteiger charge is 2.44. The van der Waals surface area contributed by atoms with Crippen LogP contribution in [0.1, 0.15) is 52.9 Å². The topological polar surface area (TPSA) is 50.9 Å². The molecule has 2 heterocycles. The first kappa shape index (κ1) is 40.1. The fourth-order valence-corrected chi connectivity index (χ4v) is 7.63. The van der Waals surface area contributed by atoms with Gasteiger partial charge in [0.2, 0.25) is 0 Å². The maximum atomic E-state index is 15.5. The predicted octanol–water partition coefficient (Wildman–Crippen LogP) is 14.9. The van der Waals surface area contributed by atoms with Crippen LogP contribution in [0.15, 0.2) is 170 Å². The highest BCUT2D eigenvalue weighted by Crippen LogP contribution is 2.45. The molecule has 0 spiro atoms. The number of nitrogens with zero attached hydrogens (tertiary/aromatic N) is 3. The highest BCUT2D eigenvalue weighted by molar-refractivity contribution is 5.97. The van der Waals surface area contributed by atoms with Gasteiger partial charge < -0.3 is 5.11 Å². The number of fused-ring (bicyclic) bond motifs is 1. The molecule has 0 fully saturated rings. The summed E-state index contributed by atoms with van der Waals surface area (Å²) >= 11 is 0. The molecule has 0 amide bonds. The molecule has 0 aliphatic carbocycles. The van der Waals surface area contributed by atoms with Crippen molar-refractivity contribution >= 4 is 16.6 Å². The van der Waals surface area contributed by atoms with E-state index < -0.39 is 22.9 Å². The average Bonchev–Trinajstić information content (AvgIpc) is 3.62. The van der Waals surface area contributed by atoms with Gasteiger partial charge in [-0.2, -0.15) is 13.2 Å². The van der Waals surface area contributed by atoms with Gasteiger partial charge in [-0.15, -0.1) is 0 Å². The standard InChI is InChI=1S/C53H46F3N3O/c1-51(2,3)41-31-39(30-40(32-41)44-33-38(28-29-57-44)36-26-24-35(25-27-36)34-16-9-7-10-17-34)43-21-15-23-46-48(43)58-50(47(53(54,55)56)49(60)52(4,5)6)59(46)45-22-14-13-20-42(45)37-18-11-8-12-19-37/h7-33,60H,1-6H3/b49-47+. The Morgan fingerprint density at radius 2 is 1.10 bits per heavy atom. The minimum atomic E-state index is -4.93. The number of benzene rings is 6. The first-order valence-corrected chi connectivity index (χ1v) is 20.0. The summed E-state index contributed by atoms with van der Waals surface area (Å²) in [5, 5.41) is 11.5. The summed E-state index contributed by atoms with van der Waals surface area (Å²) < 4.78 is 47.9. The third-order valence-corrected chi connectivity index (χ3v) is 10.9. The van der Waals surface area contributed by atoms with E-state index in [-0.39, 0.29) is 11.2 Å². The number of alkyl halides is 3. The molecule has 1 N–H and O–H groups in total. The van der Waals surface area contributed by atoms with Crippen LogP contribution in [0, 0.1) is 5.41 Å². The Hall–Kier alpha value is -6.73. The average molecular weight is 798 g/mol. The van der Waals surface area contributed by atoms with E-state index in [0.29, 0.717) is 22.3 Å². The lowest BCUT2D eigenvalue weighted by Gasteiger charge is -2.24. The maximum absolute atomic E-state index is 15.5. The zero-order chi connectivity index (χ0) is 42.4. The van der Waals surface area contributed by atoms with Crippen molar-refractivity contribution in [2.75, 3.05) is 0 Å². The van der Waals surface area contributed by atoms with Gasteiger partial charge in [0.25, 0.3) is 0 Å². The molecule has 8 rings (SSSR count). The molecular formula is C53H46F3N3O. The molecule has 60 heavy (non-hydrogen) atoms. The van der Waals surface area contributed by atoms with E-state index in [2.05, 4.69) is 75.4 Å². The summed E-state index contributed by atoms with van der Waals surface area (Å²) in [6.45, 7) is 11.1. The van der Waals surface area contributed by atoms with E-state index >= 15 is 13.2 Å². The predicted molar refractivity (Wildman–Crippen MR) is 240 cm³/mol. The van der Waals surface area contributed by atoms with Crippen LogP contribution in [0.4, 0.5) is 13.2 Å². The van der Waals surface area contributed by atoms with E-state index in [0.717, 1.165) is 55.8 Å². The van der Waals surface area contributed by atoms with Gasteiger partial charge in [-0.05, 0) is 80.8 Å². The monoisotopic (exact) mass is 797 g/mol. The fraction of sp³-hybridized carbons (Fsp3) is 0.170. The lowest BCUT2D eigenvalue weighted by Crippen LogP contribution is -2.22. The van der Waals surface area contributed by atoms with Gasteiger partial charge >= 0.3 is 6.18 Å². The quantitative estimate of drug-likeness (QED) is 0.163. The van der Waals surface area contributed by atoms with Crippen LogP contribution in [0.25, 0.3) is 78.1 Å². The fourth-order valence-electron chi connectivity index (χ4n) is 7.63. The number of aliphatic hydroxyl groups excluding tert-OH is 1. The maximum Gasteiger partial charge on any atom is 0.423 e. The Bertz CT molecular complexity index is 2860. The van der Waals surface area contributed by atoms with E-state index in [1.165, 1.54) is 0 Å². The van der Waals surface area contributed by atoms with Crippen molar-refractivity contribution in [3.05, 3.63) is 181 Å². The molecule has 2 aromatic heterocycles. The van der Waals surface area contributed by atoms with Crippen molar-refractivity contribution in [2.24, 2.45) is 5.41 Å². The SMILES string of the molecule is CC(C)(C)/C(O)=C(/c1nc2c(-c3cc(-c4cc(-c5ccc(-c6ccccc6)cc5)ccn4)cc(C(C)(C)C)c3)cccc2n1-c1ccccc1-c1ccccc1)C(F)(F)F.